The van der Waals surface area contributed by atoms with E-state index in [0.717, 1.165) is 135 Å². The highest BCUT2D eigenvalue weighted by Gasteiger charge is 2.30. The van der Waals surface area contributed by atoms with Crippen molar-refractivity contribution < 1.29 is 80.2 Å². The fourth-order valence-electron chi connectivity index (χ4n) is 10.7. The molecule has 0 radical (unpaired) electrons. The Kier molecular flexibility index (Phi) is 78.4. The highest BCUT2D eigenvalue weighted by atomic mass is 31.2. The molecule has 0 aromatic heterocycles. The van der Waals surface area contributed by atoms with Gasteiger partial charge in [-0.05, 0) is 148 Å². The number of rotatable bonds is 78. The van der Waals surface area contributed by atoms with Crippen molar-refractivity contribution in [1.29, 1.82) is 0 Å². The van der Waals surface area contributed by atoms with E-state index in [9.17, 15) is 43.2 Å². The lowest BCUT2D eigenvalue weighted by atomic mass is 10.0. The molecule has 0 rings (SSSR count). The van der Waals surface area contributed by atoms with E-state index in [1.807, 2.05) is 36.5 Å². The number of allylic oxidation sites excluding steroid dienone is 32. The zero-order valence-electron chi connectivity index (χ0n) is 69.5. The number of esters is 4. The van der Waals surface area contributed by atoms with Gasteiger partial charge in [-0.2, -0.15) is 0 Å². The van der Waals surface area contributed by atoms with Crippen molar-refractivity contribution in [2.45, 2.75) is 329 Å². The quantitative estimate of drug-likeness (QED) is 0.0169. The topological polar surface area (TPSA) is 237 Å². The third-order valence-corrected chi connectivity index (χ3v) is 19.0. The van der Waals surface area contributed by atoms with Gasteiger partial charge in [0, 0.05) is 25.7 Å². The molecule has 634 valence electrons. The molecule has 19 heteroatoms. The largest absolute Gasteiger partial charge is 0.472 e. The number of aliphatic hydroxyl groups is 1. The first kappa shape index (κ1) is 106. The SMILES string of the molecule is CC/C=C\C/C=C\C/C=C\C/C=C\C/C=C\C/C=C\CCC(=O)OC[C@H](COP(=O)(O)OC[C@@H](O)COP(=O)(O)OC[C@@H](COC(=O)CCCCC/C=C\C/C=C\C/C=C\C/C=C\C/C=C\CC)OC(=O)CC/C=C\C/C=C\C/C=C\C/C=C\C/C=C\CCCCC)OC(=O)CCCCCCCCCCCCCCCCC. The molecule has 0 amide bonds. The molecule has 0 fully saturated rings. The molecule has 5 atom stereocenters. The van der Waals surface area contributed by atoms with Gasteiger partial charge >= 0.3 is 39.5 Å². The fourth-order valence-corrected chi connectivity index (χ4v) is 12.2. The molecule has 2 unspecified atom stereocenters. The molecular weight excluding hydrogens is 1450 g/mol. The monoisotopic (exact) mass is 1600 g/mol. The number of phosphoric acid groups is 2. The van der Waals surface area contributed by atoms with Gasteiger partial charge in [0.2, 0.25) is 0 Å². The highest BCUT2D eigenvalue weighted by Crippen LogP contribution is 2.45. The molecule has 0 saturated carbocycles. The molecule has 0 aliphatic carbocycles. The molecule has 0 aromatic rings. The first-order chi connectivity index (χ1) is 54.7. The normalized spacial score (nSPS) is 14.7. The summed E-state index contributed by atoms with van der Waals surface area (Å²) in [5.74, 6) is -2.42. The van der Waals surface area contributed by atoms with Gasteiger partial charge in [-0.1, -0.05) is 331 Å². The van der Waals surface area contributed by atoms with Gasteiger partial charge in [-0.3, -0.25) is 37.3 Å². The summed E-state index contributed by atoms with van der Waals surface area (Å²) in [5.41, 5.74) is 0. The maximum atomic E-state index is 13.1. The molecule has 17 nitrogen and oxygen atoms in total. The van der Waals surface area contributed by atoms with Gasteiger partial charge in [0.25, 0.3) is 0 Å². The van der Waals surface area contributed by atoms with Crippen molar-refractivity contribution >= 4 is 39.5 Å². The van der Waals surface area contributed by atoms with Crippen LogP contribution in [0.3, 0.4) is 0 Å². The Hall–Kier alpha value is -6.10. The van der Waals surface area contributed by atoms with E-state index in [1.54, 1.807) is 0 Å². The second kappa shape index (κ2) is 82.9. The molecular formula is C93H150O17P2. The lowest BCUT2D eigenvalue weighted by Gasteiger charge is -2.21. The summed E-state index contributed by atoms with van der Waals surface area (Å²) in [6, 6.07) is 0. The summed E-state index contributed by atoms with van der Waals surface area (Å²) in [6.07, 6.45) is 103. The van der Waals surface area contributed by atoms with Crippen LogP contribution in [0.2, 0.25) is 0 Å². The first-order valence-corrected chi connectivity index (χ1v) is 45.7. The molecule has 0 aromatic carbocycles. The van der Waals surface area contributed by atoms with E-state index in [2.05, 4.69) is 186 Å². The van der Waals surface area contributed by atoms with E-state index >= 15 is 0 Å². The molecule has 112 heavy (non-hydrogen) atoms. The third-order valence-electron chi connectivity index (χ3n) is 17.1. The molecule has 0 aliphatic heterocycles. The summed E-state index contributed by atoms with van der Waals surface area (Å²) in [6.45, 7) is 4.42. The second-order valence-electron chi connectivity index (χ2n) is 27.7. The number of ether oxygens (including phenoxy) is 4. The number of unbranched alkanes of at least 4 members (excludes halogenated alkanes) is 20. The summed E-state index contributed by atoms with van der Waals surface area (Å²) in [4.78, 5) is 73.2. The zero-order valence-corrected chi connectivity index (χ0v) is 71.3. The van der Waals surface area contributed by atoms with Crippen LogP contribution in [0, 0.1) is 0 Å². The molecule has 0 saturated heterocycles. The minimum absolute atomic E-state index is 0.0291. The van der Waals surface area contributed by atoms with Crippen LogP contribution in [0.5, 0.6) is 0 Å². The van der Waals surface area contributed by atoms with Crippen molar-refractivity contribution in [3.05, 3.63) is 194 Å². The summed E-state index contributed by atoms with van der Waals surface area (Å²) in [5, 5.41) is 10.7. The van der Waals surface area contributed by atoms with Crippen LogP contribution in [-0.4, -0.2) is 96.7 Å². The van der Waals surface area contributed by atoms with Crippen molar-refractivity contribution in [2.24, 2.45) is 0 Å². The van der Waals surface area contributed by atoms with E-state index in [0.29, 0.717) is 38.5 Å². The maximum absolute atomic E-state index is 13.1. The number of phosphoric ester groups is 2. The van der Waals surface area contributed by atoms with Crippen LogP contribution in [0.25, 0.3) is 0 Å². The Bertz CT molecular complexity index is 2890. The van der Waals surface area contributed by atoms with Gasteiger partial charge in [-0.25, -0.2) is 9.13 Å². The average molecular weight is 1600 g/mol. The minimum Gasteiger partial charge on any atom is -0.462 e. The Morgan fingerprint density at radius 1 is 0.259 bits per heavy atom. The Balaban J connectivity index is 5.56. The zero-order chi connectivity index (χ0) is 81.7. The predicted octanol–water partition coefficient (Wildman–Crippen LogP) is 25.7. The molecule has 0 bridgehead atoms. The van der Waals surface area contributed by atoms with Crippen molar-refractivity contribution in [3.63, 3.8) is 0 Å². The van der Waals surface area contributed by atoms with Crippen LogP contribution >= 0.6 is 15.6 Å². The first-order valence-electron chi connectivity index (χ1n) is 42.7. The average Bonchev–Trinajstić information content (AvgIpc) is 0.898. The Morgan fingerprint density at radius 3 is 0.804 bits per heavy atom. The third kappa shape index (κ3) is 81.9. The molecule has 0 spiro atoms. The van der Waals surface area contributed by atoms with Crippen LogP contribution in [0.15, 0.2) is 194 Å². The fraction of sp³-hybridized carbons (Fsp3) is 0.613. The van der Waals surface area contributed by atoms with Gasteiger partial charge in [0.1, 0.15) is 19.3 Å². The summed E-state index contributed by atoms with van der Waals surface area (Å²) >= 11 is 0. The van der Waals surface area contributed by atoms with Crippen molar-refractivity contribution in [1.82, 2.24) is 0 Å². The van der Waals surface area contributed by atoms with E-state index < -0.39 is 97.5 Å². The highest BCUT2D eigenvalue weighted by molar-refractivity contribution is 7.47. The number of hydrogen-bond acceptors (Lipinski definition) is 15. The van der Waals surface area contributed by atoms with E-state index in [-0.39, 0.29) is 25.7 Å². The Labute approximate surface area is 678 Å². The van der Waals surface area contributed by atoms with Crippen LogP contribution in [0.4, 0.5) is 0 Å². The van der Waals surface area contributed by atoms with E-state index in [4.69, 9.17) is 37.0 Å². The van der Waals surface area contributed by atoms with E-state index in [1.165, 1.54) is 83.5 Å². The number of aliphatic hydroxyl groups excluding tert-OH is 1. The standard InChI is InChI=1S/C93H150O17P2/c1-5-9-13-17-21-25-29-33-37-40-43-46-50-53-57-61-65-69-73-77-90(95)103-83-88(109-92(97)79-75-71-67-63-59-55-49-36-32-28-24-20-16-12-8-4)85-107-111(99,100)105-81-87(94)82-106-112(101,102)108-86-89(110-93(98)80-76-72-68-64-60-56-52-48-45-42-39-35-31-27-23-19-15-11-7-3)84-104-91(96)78-74-70-66-62-58-54-51-47-44-41-38-34-30-26-22-18-14-10-6-2/h9-10,13-14,21-23,25-27,33-35,37-39,43-48,53-54,56-58,60,65,68-69,72,87-89,94H,5-8,11-12,15-20,24,28-32,36,40-42,49-52,55,59,61-64,66-67,70-71,73-86H2,1-4H3,(H,99,100)(H,101,102)/b13-9-,14-10-,25-21-,26-22-,27-23-,37-33-,38-34-,39-35-,46-43-,47-44-,48-45-,57-53-,58-54-,60-56-,69-65-,72-68-/t87-,88-,89-/m1/s1. The smallest absolute Gasteiger partial charge is 0.462 e. The molecule has 3 N–H and O–H groups in total. The Morgan fingerprint density at radius 2 is 0.482 bits per heavy atom. The second-order valence-corrected chi connectivity index (χ2v) is 30.6. The van der Waals surface area contributed by atoms with Crippen LogP contribution in [0.1, 0.15) is 310 Å². The lowest BCUT2D eigenvalue weighted by molar-refractivity contribution is -0.161. The van der Waals surface area contributed by atoms with Crippen molar-refractivity contribution in [2.75, 3.05) is 39.6 Å². The molecule has 0 aliphatic rings. The predicted molar refractivity (Wildman–Crippen MR) is 463 cm³/mol. The summed E-state index contributed by atoms with van der Waals surface area (Å²) < 4.78 is 68.6. The number of hydrogen-bond donors (Lipinski definition) is 3. The lowest BCUT2D eigenvalue weighted by Crippen LogP contribution is -2.30. The molecule has 0 heterocycles. The number of carbonyl (C=O) groups is 4. The van der Waals surface area contributed by atoms with Crippen LogP contribution in [-0.2, 0) is 65.4 Å². The summed E-state index contributed by atoms with van der Waals surface area (Å²) in [7, 11) is -10.0. The van der Waals surface area contributed by atoms with Gasteiger partial charge in [0.15, 0.2) is 12.2 Å². The van der Waals surface area contributed by atoms with Crippen molar-refractivity contribution in [3.8, 4) is 0 Å². The maximum Gasteiger partial charge on any atom is 0.472 e. The van der Waals surface area contributed by atoms with Gasteiger partial charge in [0.05, 0.1) is 26.4 Å². The van der Waals surface area contributed by atoms with Gasteiger partial charge in [-0.15, -0.1) is 0 Å². The minimum atomic E-state index is -5.02. The van der Waals surface area contributed by atoms with Crippen LogP contribution < -0.4 is 0 Å². The number of carbonyl (C=O) groups excluding carboxylic acids is 4. The van der Waals surface area contributed by atoms with Gasteiger partial charge < -0.3 is 33.8 Å².